The highest BCUT2D eigenvalue weighted by Crippen LogP contribution is 2.41. The summed E-state index contributed by atoms with van der Waals surface area (Å²) in [7, 11) is -2.82. The maximum Gasteiger partial charge on any atom is 0.515 e. The number of nitrogens with zero attached hydrogens (tertiary/aromatic N) is 1. The number of halogens is 1. The Balaban J connectivity index is 2.30. The molecule has 1 aromatic carbocycles. The molecule has 1 fully saturated rings. The second-order valence-electron chi connectivity index (χ2n) is 11.2. The van der Waals surface area contributed by atoms with Gasteiger partial charge < -0.3 is 15.0 Å². The Bertz CT molecular complexity index is 1080. The van der Waals surface area contributed by atoms with Crippen molar-refractivity contribution < 1.29 is 13.7 Å². The molecule has 0 radical (unpaired) electrons. The first-order valence-corrected chi connectivity index (χ1v) is 14.1. The Morgan fingerprint density at radius 2 is 1.48 bits per heavy atom. The quantitative estimate of drug-likeness (QED) is 0.454. The van der Waals surface area contributed by atoms with Crippen LogP contribution in [-0.4, -0.2) is 31.4 Å². The number of hydrogen-bond donors (Lipinski definition) is 1. The third-order valence-corrected chi connectivity index (χ3v) is 14.0. The molecule has 2 heterocycles. The van der Waals surface area contributed by atoms with E-state index in [9.17, 15) is 0 Å². The van der Waals surface area contributed by atoms with Crippen LogP contribution in [-0.2, 0) is 9.31 Å². The molecule has 4 nitrogen and oxygen atoms in total. The summed E-state index contributed by atoms with van der Waals surface area (Å²) in [5.41, 5.74) is 10.9. The van der Waals surface area contributed by atoms with E-state index >= 15 is 4.39 Å². The highest BCUT2D eigenvalue weighted by Gasteiger charge is 2.53. The number of nitrogen functional groups attached to an aromatic ring is 1. The van der Waals surface area contributed by atoms with Crippen LogP contribution in [0.25, 0.3) is 10.8 Å². The molecule has 1 aliphatic heterocycles. The molecule has 0 amide bonds. The summed E-state index contributed by atoms with van der Waals surface area (Å²) in [6, 6.07) is 4.94. The van der Waals surface area contributed by atoms with E-state index in [0.717, 1.165) is 5.39 Å². The number of nitrogens with two attached hydrogens (primary N) is 1. The van der Waals surface area contributed by atoms with Gasteiger partial charge in [0.15, 0.2) is 0 Å². The third kappa shape index (κ3) is 4.34. The van der Waals surface area contributed by atoms with Gasteiger partial charge in [0.1, 0.15) is 19.7 Å². The summed E-state index contributed by atoms with van der Waals surface area (Å²) in [6.07, 6.45) is 0. The molecule has 0 atom stereocenters. The van der Waals surface area contributed by atoms with E-state index in [1.54, 1.807) is 12.1 Å². The van der Waals surface area contributed by atoms with Crippen molar-refractivity contribution >= 4 is 37.4 Å². The smallest absolute Gasteiger partial charge is 0.398 e. The number of anilines is 1. The highest BCUT2D eigenvalue weighted by molar-refractivity contribution is 6.90. The first-order valence-electron chi connectivity index (χ1n) is 11.9. The van der Waals surface area contributed by atoms with E-state index in [2.05, 4.69) is 58.0 Å². The number of rotatable bonds is 4. The van der Waals surface area contributed by atoms with E-state index in [1.807, 2.05) is 27.7 Å². The molecule has 0 aliphatic carbocycles. The maximum absolute atomic E-state index is 15.3. The van der Waals surface area contributed by atoms with Crippen molar-refractivity contribution in [3.8, 4) is 11.5 Å². The normalized spacial score (nSPS) is 17.8. The van der Waals surface area contributed by atoms with Crippen LogP contribution in [0.3, 0.4) is 0 Å². The molecular weight excluding hydrogens is 430 g/mol. The molecule has 1 aliphatic rings. The van der Waals surface area contributed by atoms with Gasteiger partial charge in [0.2, 0.25) is 0 Å². The number of hydrogen-bond acceptors (Lipinski definition) is 4. The maximum atomic E-state index is 15.3. The Morgan fingerprint density at radius 3 is 1.97 bits per heavy atom. The number of pyridine rings is 1. The first kappa shape index (κ1) is 25.7. The van der Waals surface area contributed by atoms with Crippen molar-refractivity contribution in [2.45, 2.75) is 97.1 Å². The molecule has 33 heavy (non-hydrogen) atoms. The van der Waals surface area contributed by atoms with Gasteiger partial charge in [-0.05, 0) is 61.8 Å². The largest absolute Gasteiger partial charge is 0.515 e. The van der Waals surface area contributed by atoms with Crippen LogP contribution in [0, 0.1) is 17.3 Å². The van der Waals surface area contributed by atoms with Crippen molar-refractivity contribution in [2.24, 2.45) is 0 Å². The van der Waals surface area contributed by atoms with Gasteiger partial charge in [-0.3, -0.25) is 0 Å². The van der Waals surface area contributed by atoms with Gasteiger partial charge >= 0.3 is 7.12 Å². The van der Waals surface area contributed by atoms with Crippen molar-refractivity contribution in [3.63, 3.8) is 0 Å². The molecule has 178 valence electrons. The summed E-state index contributed by atoms with van der Waals surface area (Å²) in [4.78, 5) is 4.57. The molecule has 7 heteroatoms. The lowest BCUT2D eigenvalue weighted by atomic mass is 9.79. The summed E-state index contributed by atoms with van der Waals surface area (Å²) in [6.45, 7) is 21.4. The number of benzene rings is 1. The van der Waals surface area contributed by atoms with Gasteiger partial charge in [-0.2, -0.15) is 0 Å². The van der Waals surface area contributed by atoms with Crippen LogP contribution in [0.4, 0.5) is 10.2 Å². The van der Waals surface area contributed by atoms with E-state index in [-0.39, 0.29) is 5.82 Å². The average Bonchev–Trinajstić information content (AvgIpc) is 2.89. The fraction of sp³-hybridized carbons (Fsp3) is 0.577. The molecule has 2 N–H and O–H groups in total. The lowest BCUT2D eigenvalue weighted by molar-refractivity contribution is 0.00578. The highest BCUT2D eigenvalue weighted by atomic mass is 28.3. The van der Waals surface area contributed by atoms with Crippen LogP contribution < -0.4 is 11.3 Å². The number of aromatic nitrogens is 1. The SMILES string of the molecule is CC(C)[Si](C#Cc1c(F)ccc2cc(N)nc(B3OC(C)(C)C(C)(C)O3)c12)(C(C)C)C(C)C. The van der Waals surface area contributed by atoms with E-state index in [1.165, 1.54) is 6.07 Å². The van der Waals surface area contributed by atoms with Crippen molar-refractivity contribution in [1.29, 1.82) is 0 Å². The average molecular weight is 468 g/mol. The van der Waals surface area contributed by atoms with E-state index < -0.39 is 26.4 Å². The predicted octanol–water partition coefficient (Wildman–Crippen LogP) is 5.82. The molecule has 3 rings (SSSR count). The van der Waals surface area contributed by atoms with Gasteiger partial charge in [0.25, 0.3) is 0 Å². The Labute approximate surface area is 200 Å². The molecule has 2 aromatic rings. The van der Waals surface area contributed by atoms with Crippen molar-refractivity contribution in [1.82, 2.24) is 4.98 Å². The topological polar surface area (TPSA) is 57.4 Å². The minimum atomic E-state index is -2.06. The van der Waals surface area contributed by atoms with Crippen LogP contribution >= 0.6 is 0 Å². The first-order chi connectivity index (χ1) is 15.1. The summed E-state index contributed by atoms with van der Waals surface area (Å²) < 4.78 is 27.9. The zero-order valence-electron chi connectivity index (χ0n) is 21.8. The van der Waals surface area contributed by atoms with Crippen LogP contribution in [0.2, 0.25) is 16.6 Å². The van der Waals surface area contributed by atoms with Crippen LogP contribution in [0.15, 0.2) is 18.2 Å². The minimum Gasteiger partial charge on any atom is -0.398 e. The third-order valence-electron chi connectivity index (χ3n) is 7.74. The van der Waals surface area contributed by atoms with Gasteiger partial charge in [-0.1, -0.05) is 53.5 Å². The molecule has 0 bridgehead atoms. The Morgan fingerprint density at radius 1 is 0.970 bits per heavy atom. The predicted molar refractivity (Wildman–Crippen MR) is 140 cm³/mol. The summed E-state index contributed by atoms with van der Waals surface area (Å²) in [5, 5.41) is 1.40. The van der Waals surface area contributed by atoms with Crippen LogP contribution in [0.5, 0.6) is 0 Å². The molecule has 0 unspecified atom stereocenters. The molecule has 0 spiro atoms. The molecular formula is C26H38BFN2O2Si. The molecule has 1 aromatic heterocycles. The van der Waals surface area contributed by atoms with Gasteiger partial charge in [-0.25, -0.2) is 9.37 Å². The second-order valence-corrected chi connectivity index (χ2v) is 16.8. The monoisotopic (exact) mass is 468 g/mol. The Hall–Kier alpha value is -1.88. The fourth-order valence-electron chi connectivity index (χ4n) is 5.23. The zero-order chi connectivity index (χ0) is 24.9. The Kier molecular flexibility index (Phi) is 6.80. The van der Waals surface area contributed by atoms with Crippen molar-refractivity contribution in [3.05, 3.63) is 29.6 Å². The summed E-state index contributed by atoms with van der Waals surface area (Å²) >= 11 is 0. The fourth-order valence-corrected chi connectivity index (χ4v) is 10.4. The summed E-state index contributed by atoms with van der Waals surface area (Å²) in [5.74, 6) is 3.29. The van der Waals surface area contributed by atoms with Crippen molar-refractivity contribution in [2.75, 3.05) is 5.73 Å². The molecule has 1 saturated heterocycles. The zero-order valence-corrected chi connectivity index (χ0v) is 22.8. The number of fused-ring (bicyclic) bond motifs is 1. The minimum absolute atomic E-state index is 0.341. The van der Waals surface area contributed by atoms with Gasteiger partial charge in [0, 0.05) is 5.39 Å². The van der Waals surface area contributed by atoms with Gasteiger partial charge in [0.05, 0.1) is 22.4 Å². The lowest BCUT2D eigenvalue weighted by Gasteiger charge is -2.38. The lowest BCUT2D eigenvalue weighted by Crippen LogP contribution is -2.43. The van der Waals surface area contributed by atoms with E-state index in [4.69, 9.17) is 15.0 Å². The van der Waals surface area contributed by atoms with Crippen LogP contribution in [0.1, 0.15) is 74.8 Å². The van der Waals surface area contributed by atoms with Gasteiger partial charge in [-0.15, -0.1) is 5.54 Å². The standard InChI is InChI=1S/C26H38BFN2O2Si/c1-16(2)33(17(3)4,18(5)6)14-13-20-21(28)12-11-19-15-22(29)30-24(23(19)20)27-31-25(7,8)26(9,10)32-27/h11-12,15-18H,1-10H3,(H2,29,30). The second kappa shape index (κ2) is 8.72. The molecule has 0 saturated carbocycles. The van der Waals surface area contributed by atoms with E-state index in [0.29, 0.717) is 39.0 Å².